The minimum absolute atomic E-state index is 0.0164. The maximum atomic E-state index is 12.9. The second-order valence-corrected chi connectivity index (χ2v) is 7.49. The van der Waals surface area contributed by atoms with E-state index < -0.39 is 0 Å². The lowest BCUT2D eigenvalue weighted by molar-refractivity contribution is -0.131. The molecule has 1 aromatic heterocycles. The second kappa shape index (κ2) is 7.79. The maximum absolute atomic E-state index is 12.9. The van der Waals surface area contributed by atoms with Crippen molar-refractivity contribution in [1.29, 1.82) is 0 Å². The highest BCUT2D eigenvalue weighted by Crippen LogP contribution is 2.37. The van der Waals surface area contributed by atoms with Gasteiger partial charge in [-0.05, 0) is 46.5 Å². The SMILES string of the molecule is CCN(C(=O)c1cnccn1)[C@@H]1CCOC2(CCN(C(C)C)CC2)C1. The van der Waals surface area contributed by atoms with Gasteiger partial charge in [0, 0.05) is 50.7 Å². The van der Waals surface area contributed by atoms with Crippen LogP contribution >= 0.6 is 0 Å². The standard InChI is InChI=1S/C19H30N4O2/c1-4-23(18(24)17-14-20-8-9-21-17)16-5-12-25-19(13-16)6-10-22(11-7-19)15(2)3/h8-9,14-16H,4-7,10-13H2,1-3H3/t16-/m1/s1. The molecule has 6 nitrogen and oxygen atoms in total. The first-order valence-electron chi connectivity index (χ1n) is 9.49. The third-order valence-corrected chi connectivity index (χ3v) is 5.73. The van der Waals surface area contributed by atoms with Gasteiger partial charge in [0.25, 0.3) is 5.91 Å². The molecule has 1 atom stereocenters. The number of amides is 1. The summed E-state index contributed by atoms with van der Waals surface area (Å²) in [7, 11) is 0. The van der Waals surface area contributed by atoms with Crippen molar-refractivity contribution in [3.05, 3.63) is 24.3 Å². The molecule has 0 N–H and O–H groups in total. The van der Waals surface area contributed by atoms with E-state index in [-0.39, 0.29) is 17.6 Å². The van der Waals surface area contributed by atoms with E-state index in [1.54, 1.807) is 18.6 Å². The average molecular weight is 346 g/mol. The molecule has 1 aromatic rings. The number of likely N-dealkylation sites (tertiary alicyclic amines) is 1. The van der Waals surface area contributed by atoms with E-state index >= 15 is 0 Å². The van der Waals surface area contributed by atoms with Crippen molar-refractivity contribution in [2.24, 2.45) is 0 Å². The Hall–Kier alpha value is -1.53. The molecule has 1 spiro atoms. The third kappa shape index (κ3) is 4.01. The fraction of sp³-hybridized carbons (Fsp3) is 0.737. The summed E-state index contributed by atoms with van der Waals surface area (Å²) in [5, 5.41) is 0. The number of piperidine rings is 1. The summed E-state index contributed by atoms with van der Waals surface area (Å²) in [4.78, 5) is 25.6. The molecule has 0 unspecified atom stereocenters. The van der Waals surface area contributed by atoms with Gasteiger partial charge >= 0.3 is 0 Å². The predicted octanol–water partition coefficient (Wildman–Crippen LogP) is 2.36. The molecular formula is C19H30N4O2. The van der Waals surface area contributed by atoms with Crippen molar-refractivity contribution in [3.63, 3.8) is 0 Å². The van der Waals surface area contributed by atoms with Crippen molar-refractivity contribution in [1.82, 2.24) is 19.8 Å². The number of ether oxygens (including phenoxy) is 1. The monoisotopic (exact) mass is 346 g/mol. The Morgan fingerprint density at radius 1 is 1.40 bits per heavy atom. The molecular weight excluding hydrogens is 316 g/mol. The molecule has 2 aliphatic rings. The third-order valence-electron chi connectivity index (χ3n) is 5.73. The van der Waals surface area contributed by atoms with Crippen LogP contribution in [0.15, 0.2) is 18.6 Å². The summed E-state index contributed by atoms with van der Waals surface area (Å²) in [5.41, 5.74) is 0.365. The smallest absolute Gasteiger partial charge is 0.274 e. The highest BCUT2D eigenvalue weighted by molar-refractivity contribution is 5.92. The molecule has 0 bridgehead atoms. The fourth-order valence-electron chi connectivity index (χ4n) is 4.19. The van der Waals surface area contributed by atoms with E-state index in [4.69, 9.17) is 4.74 Å². The van der Waals surface area contributed by atoms with Gasteiger partial charge in [-0.2, -0.15) is 0 Å². The second-order valence-electron chi connectivity index (χ2n) is 7.49. The molecule has 2 saturated heterocycles. The molecule has 0 saturated carbocycles. The van der Waals surface area contributed by atoms with Gasteiger partial charge in [0.05, 0.1) is 11.8 Å². The Bertz CT molecular complexity index is 570. The van der Waals surface area contributed by atoms with Crippen molar-refractivity contribution in [2.75, 3.05) is 26.2 Å². The Kier molecular flexibility index (Phi) is 5.69. The van der Waals surface area contributed by atoms with E-state index in [0.29, 0.717) is 18.3 Å². The minimum Gasteiger partial charge on any atom is -0.375 e. The van der Waals surface area contributed by atoms with Gasteiger partial charge in [-0.25, -0.2) is 4.98 Å². The van der Waals surface area contributed by atoms with Gasteiger partial charge in [0.15, 0.2) is 0 Å². The van der Waals surface area contributed by atoms with Crippen molar-refractivity contribution in [2.45, 2.75) is 64.1 Å². The topological polar surface area (TPSA) is 58.6 Å². The summed E-state index contributed by atoms with van der Waals surface area (Å²) >= 11 is 0. The molecule has 0 aromatic carbocycles. The number of hydrogen-bond donors (Lipinski definition) is 0. The molecule has 2 aliphatic heterocycles. The molecule has 25 heavy (non-hydrogen) atoms. The Morgan fingerprint density at radius 3 is 2.76 bits per heavy atom. The number of carbonyl (C=O) groups is 1. The number of aromatic nitrogens is 2. The number of nitrogens with zero attached hydrogens (tertiary/aromatic N) is 4. The summed E-state index contributed by atoms with van der Waals surface area (Å²) in [6, 6.07) is 0.806. The first-order valence-corrected chi connectivity index (χ1v) is 9.49. The van der Waals surface area contributed by atoms with Gasteiger partial charge < -0.3 is 14.5 Å². The van der Waals surface area contributed by atoms with Crippen LogP contribution in [0, 0.1) is 0 Å². The van der Waals surface area contributed by atoms with Crippen LogP contribution in [0.25, 0.3) is 0 Å². The zero-order valence-electron chi connectivity index (χ0n) is 15.6. The van der Waals surface area contributed by atoms with Crippen LogP contribution in [0.1, 0.15) is 56.9 Å². The van der Waals surface area contributed by atoms with E-state index in [1.807, 2.05) is 11.8 Å². The molecule has 6 heteroatoms. The van der Waals surface area contributed by atoms with Gasteiger partial charge in [-0.1, -0.05) is 0 Å². The normalized spacial score (nSPS) is 23.8. The van der Waals surface area contributed by atoms with Gasteiger partial charge in [-0.3, -0.25) is 9.78 Å². The first-order chi connectivity index (χ1) is 12.0. The van der Waals surface area contributed by atoms with E-state index in [0.717, 1.165) is 45.4 Å². The van der Waals surface area contributed by atoms with Crippen molar-refractivity contribution >= 4 is 5.91 Å². The van der Waals surface area contributed by atoms with Gasteiger partial charge in [0.1, 0.15) is 5.69 Å². The highest BCUT2D eigenvalue weighted by Gasteiger charge is 2.42. The maximum Gasteiger partial charge on any atom is 0.274 e. The van der Waals surface area contributed by atoms with Crippen LogP contribution in [0.4, 0.5) is 0 Å². The van der Waals surface area contributed by atoms with Gasteiger partial charge in [-0.15, -0.1) is 0 Å². The van der Waals surface area contributed by atoms with Crippen LogP contribution in [-0.4, -0.2) is 69.6 Å². The summed E-state index contributed by atoms with van der Waals surface area (Å²) in [5.74, 6) is -0.0164. The zero-order valence-corrected chi connectivity index (χ0v) is 15.6. The Labute approximate surface area is 150 Å². The average Bonchev–Trinajstić information content (AvgIpc) is 2.63. The van der Waals surface area contributed by atoms with Crippen molar-refractivity contribution < 1.29 is 9.53 Å². The van der Waals surface area contributed by atoms with Crippen LogP contribution < -0.4 is 0 Å². The van der Waals surface area contributed by atoms with Crippen LogP contribution in [-0.2, 0) is 4.74 Å². The molecule has 0 aliphatic carbocycles. The number of hydrogen-bond acceptors (Lipinski definition) is 5. The Morgan fingerprint density at radius 2 is 2.16 bits per heavy atom. The first kappa shape index (κ1) is 18.3. The molecule has 3 heterocycles. The zero-order chi connectivity index (χ0) is 17.9. The van der Waals surface area contributed by atoms with E-state index in [9.17, 15) is 4.79 Å². The molecule has 0 radical (unpaired) electrons. The Balaban J connectivity index is 1.69. The van der Waals surface area contributed by atoms with E-state index in [2.05, 4.69) is 28.7 Å². The van der Waals surface area contributed by atoms with Crippen LogP contribution in [0.3, 0.4) is 0 Å². The summed E-state index contributed by atoms with van der Waals surface area (Å²) in [6.07, 6.45) is 8.67. The van der Waals surface area contributed by atoms with E-state index in [1.165, 1.54) is 0 Å². The predicted molar refractivity (Wildman–Crippen MR) is 96.4 cm³/mol. The lowest BCUT2D eigenvalue weighted by atomic mass is 9.81. The largest absolute Gasteiger partial charge is 0.375 e. The quantitative estimate of drug-likeness (QED) is 0.838. The van der Waals surface area contributed by atoms with Crippen molar-refractivity contribution in [3.8, 4) is 0 Å². The molecule has 3 rings (SSSR count). The molecule has 1 amide bonds. The number of carbonyl (C=O) groups excluding carboxylic acids is 1. The molecule has 2 fully saturated rings. The summed E-state index contributed by atoms with van der Waals surface area (Å²) in [6.45, 7) is 10.1. The molecule has 138 valence electrons. The van der Waals surface area contributed by atoms with Crippen LogP contribution in [0.5, 0.6) is 0 Å². The lowest BCUT2D eigenvalue weighted by Gasteiger charge is -2.49. The van der Waals surface area contributed by atoms with Crippen LogP contribution in [0.2, 0.25) is 0 Å². The lowest BCUT2D eigenvalue weighted by Crippen LogP contribution is -2.55. The fourth-order valence-corrected chi connectivity index (χ4v) is 4.19. The number of rotatable bonds is 4. The summed E-state index contributed by atoms with van der Waals surface area (Å²) < 4.78 is 6.25. The highest BCUT2D eigenvalue weighted by atomic mass is 16.5. The van der Waals surface area contributed by atoms with Gasteiger partial charge in [0.2, 0.25) is 0 Å². The minimum atomic E-state index is -0.0651.